The van der Waals surface area contributed by atoms with Gasteiger partial charge in [-0.25, -0.2) is 0 Å². The van der Waals surface area contributed by atoms with E-state index in [1.807, 2.05) is 6.92 Å². The van der Waals surface area contributed by atoms with Crippen molar-refractivity contribution in [3.05, 3.63) is 23.3 Å². The molecule has 0 aromatic carbocycles. The number of hydrogen-bond donors (Lipinski definition) is 0. The van der Waals surface area contributed by atoms with Crippen LogP contribution in [0.4, 0.5) is 0 Å². The molecule has 0 amide bonds. The molecule has 2 rings (SSSR count). The number of ether oxygens (including phenoxy) is 2. The molecule has 0 saturated carbocycles. The maximum Gasteiger partial charge on any atom is 0.303 e. The zero-order valence-corrected chi connectivity index (χ0v) is 14.8. The van der Waals surface area contributed by atoms with Gasteiger partial charge in [0.1, 0.15) is 6.10 Å². The van der Waals surface area contributed by atoms with E-state index in [0.717, 1.165) is 24.8 Å². The zero-order chi connectivity index (χ0) is 17.2. The lowest BCUT2D eigenvalue weighted by Gasteiger charge is -2.42. The molecular weight excluding hydrogens is 292 g/mol. The van der Waals surface area contributed by atoms with Crippen LogP contribution in [0.5, 0.6) is 0 Å². The Hall–Kier alpha value is -1.58. The summed E-state index contributed by atoms with van der Waals surface area (Å²) in [6, 6.07) is 0. The van der Waals surface area contributed by atoms with Crippen LogP contribution in [0.1, 0.15) is 60.3 Å². The van der Waals surface area contributed by atoms with E-state index in [-0.39, 0.29) is 17.4 Å². The first-order chi connectivity index (χ1) is 10.7. The summed E-state index contributed by atoms with van der Waals surface area (Å²) in [6.07, 6.45) is 7.45. The van der Waals surface area contributed by atoms with Crippen LogP contribution in [-0.2, 0) is 19.1 Å². The summed E-state index contributed by atoms with van der Waals surface area (Å²) >= 11 is 0. The molecule has 4 nitrogen and oxygen atoms in total. The zero-order valence-electron chi connectivity index (χ0n) is 14.8. The van der Waals surface area contributed by atoms with Crippen molar-refractivity contribution in [2.75, 3.05) is 0 Å². The molecule has 23 heavy (non-hydrogen) atoms. The molecule has 2 aliphatic carbocycles. The number of hydrogen-bond acceptors (Lipinski definition) is 4. The van der Waals surface area contributed by atoms with Gasteiger partial charge < -0.3 is 9.47 Å². The monoisotopic (exact) mass is 320 g/mol. The molecule has 4 atom stereocenters. The fourth-order valence-corrected chi connectivity index (χ4v) is 3.93. The number of rotatable bonds is 2. The van der Waals surface area contributed by atoms with E-state index in [1.165, 1.54) is 19.4 Å². The van der Waals surface area contributed by atoms with Crippen molar-refractivity contribution in [2.24, 2.45) is 11.3 Å². The fourth-order valence-electron chi connectivity index (χ4n) is 3.93. The van der Waals surface area contributed by atoms with Gasteiger partial charge in [0.25, 0.3) is 0 Å². The molecule has 0 aromatic rings. The molecular formula is C19H28O4. The Bertz CT molecular complexity index is 546. The lowest BCUT2D eigenvalue weighted by atomic mass is 9.64. The summed E-state index contributed by atoms with van der Waals surface area (Å²) in [4.78, 5) is 23.0. The smallest absolute Gasteiger partial charge is 0.303 e. The Balaban J connectivity index is 2.42. The van der Waals surface area contributed by atoms with Gasteiger partial charge in [-0.05, 0) is 44.1 Å². The predicted molar refractivity (Wildman–Crippen MR) is 88.7 cm³/mol. The number of fused-ring (bicyclic) bond motifs is 1. The highest BCUT2D eigenvalue weighted by atomic mass is 16.6. The molecule has 0 aliphatic heterocycles. The predicted octanol–water partition coefficient (Wildman–Crippen LogP) is 3.95. The van der Waals surface area contributed by atoms with Crippen LogP contribution < -0.4 is 0 Å². The van der Waals surface area contributed by atoms with E-state index in [0.29, 0.717) is 12.3 Å². The van der Waals surface area contributed by atoms with Crippen molar-refractivity contribution in [1.82, 2.24) is 0 Å². The molecule has 0 aromatic heterocycles. The number of esters is 2. The van der Waals surface area contributed by atoms with E-state index in [2.05, 4.69) is 26.0 Å². The highest BCUT2D eigenvalue weighted by Gasteiger charge is 2.40. The van der Waals surface area contributed by atoms with Crippen molar-refractivity contribution in [1.29, 1.82) is 0 Å². The van der Waals surface area contributed by atoms with Crippen molar-refractivity contribution in [3.63, 3.8) is 0 Å². The molecule has 0 spiro atoms. The van der Waals surface area contributed by atoms with Crippen LogP contribution in [0, 0.1) is 11.3 Å². The molecule has 2 aliphatic rings. The standard InChI is InChI=1S/C19H28O4/c1-12-11-19(5)13(2)7-6-8-16(19)9-10-17(22-14(3)20)18(12)23-15(4)21/h8,11,13,17-18H,6-7,9-10H2,1-5H3/t13-,17-,18+,19+/m0/s1. The molecule has 128 valence electrons. The largest absolute Gasteiger partial charge is 0.458 e. The average Bonchev–Trinajstić information content (AvgIpc) is 2.43. The Labute approximate surface area is 138 Å². The van der Waals surface area contributed by atoms with Gasteiger partial charge in [-0.2, -0.15) is 0 Å². The molecule has 0 N–H and O–H groups in total. The maximum absolute atomic E-state index is 11.5. The molecule has 0 heterocycles. The van der Waals surface area contributed by atoms with E-state index in [1.54, 1.807) is 0 Å². The fraction of sp³-hybridized carbons (Fsp3) is 0.684. The first-order valence-corrected chi connectivity index (χ1v) is 8.47. The Kier molecular flexibility index (Phi) is 5.33. The minimum absolute atomic E-state index is 0.0120. The lowest BCUT2D eigenvalue weighted by molar-refractivity contribution is -0.163. The Morgan fingerprint density at radius 2 is 1.83 bits per heavy atom. The second-order valence-corrected chi connectivity index (χ2v) is 7.10. The van der Waals surface area contributed by atoms with E-state index < -0.39 is 12.2 Å². The van der Waals surface area contributed by atoms with Gasteiger partial charge in [-0.1, -0.05) is 31.6 Å². The van der Waals surface area contributed by atoms with Gasteiger partial charge in [0, 0.05) is 19.3 Å². The minimum Gasteiger partial charge on any atom is -0.458 e. The number of allylic oxidation sites excluding steroid dienone is 3. The van der Waals surface area contributed by atoms with Crippen LogP contribution in [0.25, 0.3) is 0 Å². The third-order valence-electron chi connectivity index (χ3n) is 5.33. The average molecular weight is 320 g/mol. The summed E-state index contributed by atoms with van der Waals surface area (Å²) in [5.74, 6) is -0.145. The normalized spacial score (nSPS) is 34.2. The Morgan fingerprint density at radius 1 is 1.17 bits per heavy atom. The van der Waals surface area contributed by atoms with Crippen LogP contribution in [-0.4, -0.2) is 24.1 Å². The number of carbonyl (C=O) groups is 2. The quantitative estimate of drug-likeness (QED) is 0.571. The summed E-state index contributed by atoms with van der Waals surface area (Å²) in [5, 5.41) is 0. The van der Waals surface area contributed by atoms with Crippen molar-refractivity contribution >= 4 is 11.9 Å². The maximum atomic E-state index is 11.5. The van der Waals surface area contributed by atoms with Crippen LogP contribution >= 0.6 is 0 Å². The third kappa shape index (κ3) is 3.85. The third-order valence-corrected chi connectivity index (χ3v) is 5.33. The van der Waals surface area contributed by atoms with Crippen LogP contribution in [0.15, 0.2) is 23.3 Å². The first kappa shape index (κ1) is 17.8. The number of carbonyl (C=O) groups excluding carboxylic acids is 2. The summed E-state index contributed by atoms with van der Waals surface area (Å²) in [5.41, 5.74) is 2.37. The van der Waals surface area contributed by atoms with Crippen LogP contribution in [0.2, 0.25) is 0 Å². The SMILES string of the molecule is CC(=O)O[C@H]1CCC2=CCC[C@H](C)[C@@]2(C)C=C(C)[C@H]1OC(C)=O. The molecule has 0 bridgehead atoms. The van der Waals surface area contributed by atoms with Gasteiger partial charge in [0.2, 0.25) is 0 Å². The molecule has 0 radical (unpaired) electrons. The van der Waals surface area contributed by atoms with Gasteiger partial charge in [0.05, 0.1) is 0 Å². The van der Waals surface area contributed by atoms with Crippen LogP contribution in [0.3, 0.4) is 0 Å². The van der Waals surface area contributed by atoms with E-state index in [4.69, 9.17) is 9.47 Å². The molecule has 0 fully saturated rings. The topological polar surface area (TPSA) is 52.6 Å². The molecule has 0 saturated heterocycles. The first-order valence-electron chi connectivity index (χ1n) is 8.47. The Morgan fingerprint density at radius 3 is 2.43 bits per heavy atom. The van der Waals surface area contributed by atoms with Gasteiger partial charge in [0.15, 0.2) is 6.10 Å². The summed E-state index contributed by atoms with van der Waals surface area (Å²) in [6.45, 7) is 9.31. The minimum atomic E-state index is -0.496. The van der Waals surface area contributed by atoms with Crippen molar-refractivity contribution < 1.29 is 19.1 Å². The summed E-state index contributed by atoms with van der Waals surface area (Å²) in [7, 11) is 0. The second kappa shape index (κ2) is 6.90. The highest BCUT2D eigenvalue weighted by molar-refractivity contribution is 5.67. The molecule has 4 heteroatoms. The van der Waals surface area contributed by atoms with Gasteiger partial charge in [-0.3, -0.25) is 9.59 Å². The molecule has 0 unspecified atom stereocenters. The lowest BCUT2D eigenvalue weighted by Crippen LogP contribution is -2.39. The summed E-state index contributed by atoms with van der Waals surface area (Å²) < 4.78 is 11.0. The van der Waals surface area contributed by atoms with E-state index in [9.17, 15) is 9.59 Å². The van der Waals surface area contributed by atoms with Gasteiger partial charge in [-0.15, -0.1) is 0 Å². The highest BCUT2D eigenvalue weighted by Crippen LogP contribution is 2.47. The second-order valence-electron chi connectivity index (χ2n) is 7.10. The van der Waals surface area contributed by atoms with Crippen molar-refractivity contribution in [2.45, 2.75) is 72.5 Å². The van der Waals surface area contributed by atoms with E-state index >= 15 is 0 Å². The van der Waals surface area contributed by atoms with Gasteiger partial charge >= 0.3 is 11.9 Å². The van der Waals surface area contributed by atoms with Crippen molar-refractivity contribution in [3.8, 4) is 0 Å².